The lowest BCUT2D eigenvalue weighted by Gasteiger charge is -2.26. The first-order chi connectivity index (χ1) is 8.69. The van der Waals surface area contributed by atoms with Gasteiger partial charge in [-0.2, -0.15) is 0 Å². The van der Waals surface area contributed by atoms with Gasteiger partial charge >= 0.3 is 0 Å². The topological polar surface area (TPSA) is 35.2 Å². The van der Waals surface area contributed by atoms with Gasteiger partial charge in [-0.05, 0) is 55.4 Å². The van der Waals surface area contributed by atoms with E-state index < -0.39 is 0 Å². The summed E-state index contributed by atoms with van der Waals surface area (Å²) in [6, 6.07) is 4.80. The Bertz CT molecular complexity index is 390. The zero-order chi connectivity index (χ0) is 13.0. The van der Waals surface area contributed by atoms with Gasteiger partial charge in [-0.3, -0.25) is 0 Å². The fourth-order valence-electron chi connectivity index (χ4n) is 2.14. The summed E-state index contributed by atoms with van der Waals surface area (Å²) in [5, 5.41) is 0. The second-order valence-corrected chi connectivity index (χ2v) is 5.23. The van der Waals surface area contributed by atoms with Crippen LogP contribution in [0.25, 0.3) is 0 Å². The monoisotopic (exact) mass is 251 g/mol. The molecule has 2 rings (SSSR count). The van der Waals surface area contributed by atoms with Crippen molar-refractivity contribution in [3.8, 4) is 5.75 Å². The molecule has 1 aromatic carbocycles. The van der Waals surface area contributed by atoms with Crippen molar-refractivity contribution in [2.24, 2.45) is 11.7 Å². The third-order valence-corrected chi connectivity index (χ3v) is 3.73. The summed E-state index contributed by atoms with van der Waals surface area (Å²) in [5.41, 5.74) is 6.83. The average molecular weight is 251 g/mol. The van der Waals surface area contributed by atoms with Crippen LogP contribution in [-0.4, -0.2) is 12.6 Å². The molecular weight excluding hydrogens is 229 g/mol. The van der Waals surface area contributed by atoms with Crippen LogP contribution in [0.15, 0.2) is 18.2 Å². The van der Waals surface area contributed by atoms with Crippen molar-refractivity contribution in [2.75, 3.05) is 6.61 Å². The van der Waals surface area contributed by atoms with Crippen LogP contribution >= 0.6 is 0 Å². The van der Waals surface area contributed by atoms with Crippen molar-refractivity contribution >= 4 is 0 Å². The summed E-state index contributed by atoms with van der Waals surface area (Å²) in [4.78, 5) is 0. The van der Waals surface area contributed by atoms with Crippen molar-refractivity contribution in [2.45, 2.75) is 45.1 Å². The number of hydrogen-bond donors (Lipinski definition) is 1. The first kappa shape index (κ1) is 13.3. The van der Waals surface area contributed by atoms with Gasteiger partial charge in [0.25, 0.3) is 0 Å². The molecule has 1 atom stereocenters. The third-order valence-electron chi connectivity index (χ3n) is 3.73. The van der Waals surface area contributed by atoms with Gasteiger partial charge in [-0.25, -0.2) is 4.39 Å². The zero-order valence-corrected chi connectivity index (χ0v) is 11.0. The summed E-state index contributed by atoms with van der Waals surface area (Å²) in [6.45, 7) is 2.79. The molecular formula is C15H22FNO. The lowest BCUT2D eigenvalue weighted by Crippen LogP contribution is -2.23. The van der Waals surface area contributed by atoms with Gasteiger partial charge < -0.3 is 10.5 Å². The molecule has 1 aromatic rings. The minimum absolute atomic E-state index is 0.0675. The molecule has 18 heavy (non-hydrogen) atoms. The van der Waals surface area contributed by atoms with E-state index in [2.05, 4.69) is 0 Å². The van der Waals surface area contributed by atoms with Crippen molar-refractivity contribution in [1.82, 2.24) is 0 Å². The Labute approximate surface area is 108 Å². The molecule has 1 saturated carbocycles. The first-order valence-electron chi connectivity index (χ1n) is 6.86. The lowest BCUT2D eigenvalue weighted by molar-refractivity contribution is 0.179. The molecule has 0 bridgehead atoms. The van der Waals surface area contributed by atoms with E-state index in [1.807, 2.05) is 6.92 Å². The molecule has 0 heterocycles. The van der Waals surface area contributed by atoms with Crippen LogP contribution in [0.2, 0.25) is 0 Å². The van der Waals surface area contributed by atoms with Crippen LogP contribution in [0.4, 0.5) is 4.39 Å². The fraction of sp³-hybridized carbons (Fsp3) is 0.600. The highest BCUT2D eigenvalue weighted by Gasteiger charge is 2.19. The SMILES string of the molecule is CCC(N)Cc1cc(F)ccc1OCC1CCC1. The number of ether oxygens (including phenoxy) is 1. The van der Waals surface area contributed by atoms with E-state index in [4.69, 9.17) is 10.5 Å². The maximum Gasteiger partial charge on any atom is 0.123 e. The van der Waals surface area contributed by atoms with Gasteiger partial charge in [0.1, 0.15) is 11.6 Å². The molecule has 100 valence electrons. The molecule has 1 unspecified atom stereocenters. The molecule has 3 heteroatoms. The number of halogens is 1. The summed E-state index contributed by atoms with van der Waals surface area (Å²) in [6.07, 6.45) is 5.38. The van der Waals surface area contributed by atoms with E-state index in [0.717, 1.165) is 24.3 Å². The molecule has 2 N–H and O–H groups in total. The minimum atomic E-state index is -0.218. The summed E-state index contributed by atoms with van der Waals surface area (Å²) < 4.78 is 19.1. The molecule has 2 nitrogen and oxygen atoms in total. The van der Waals surface area contributed by atoms with E-state index in [1.165, 1.54) is 25.3 Å². The maximum atomic E-state index is 13.3. The Morgan fingerprint density at radius 2 is 2.22 bits per heavy atom. The standard InChI is InChI=1S/C15H22FNO/c1-2-14(17)9-12-8-13(16)6-7-15(12)18-10-11-4-3-5-11/h6-8,11,14H,2-5,9-10,17H2,1H3. The predicted octanol–water partition coefficient (Wildman–Crippen LogP) is 3.28. The Morgan fingerprint density at radius 1 is 1.44 bits per heavy atom. The van der Waals surface area contributed by atoms with E-state index in [0.29, 0.717) is 12.3 Å². The van der Waals surface area contributed by atoms with Crippen molar-refractivity contribution in [1.29, 1.82) is 0 Å². The van der Waals surface area contributed by atoms with E-state index in [-0.39, 0.29) is 11.9 Å². The molecule has 0 spiro atoms. The van der Waals surface area contributed by atoms with Crippen molar-refractivity contribution < 1.29 is 9.13 Å². The van der Waals surface area contributed by atoms with Gasteiger partial charge in [0.05, 0.1) is 6.61 Å². The van der Waals surface area contributed by atoms with Gasteiger partial charge in [-0.1, -0.05) is 13.3 Å². The highest BCUT2D eigenvalue weighted by Crippen LogP contribution is 2.28. The molecule has 0 radical (unpaired) electrons. The molecule has 0 saturated heterocycles. The average Bonchev–Trinajstić information content (AvgIpc) is 2.29. The van der Waals surface area contributed by atoms with Crippen LogP contribution in [0.5, 0.6) is 5.75 Å². The lowest BCUT2D eigenvalue weighted by atomic mass is 9.86. The van der Waals surface area contributed by atoms with Crippen LogP contribution in [0.1, 0.15) is 38.2 Å². The van der Waals surface area contributed by atoms with Gasteiger partial charge in [-0.15, -0.1) is 0 Å². The molecule has 0 aromatic heterocycles. The normalized spacial score (nSPS) is 17.3. The summed E-state index contributed by atoms with van der Waals surface area (Å²) in [5.74, 6) is 1.26. The second kappa shape index (κ2) is 6.19. The van der Waals surface area contributed by atoms with Gasteiger partial charge in [0.15, 0.2) is 0 Å². The predicted molar refractivity (Wildman–Crippen MR) is 71.2 cm³/mol. The summed E-state index contributed by atoms with van der Waals surface area (Å²) in [7, 11) is 0. The highest BCUT2D eigenvalue weighted by molar-refractivity contribution is 5.34. The minimum Gasteiger partial charge on any atom is -0.493 e. The van der Waals surface area contributed by atoms with Gasteiger partial charge in [0, 0.05) is 6.04 Å². The van der Waals surface area contributed by atoms with Gasteiger partial charge in [0.2, 0.25) is 0 Å². The van der Waals surface area contributed by atoms with E-state index >= 15 is 0 Å². The van der Waals surface area contributed by atoms with Crippen LogP contribution in [0, 0.1) is 11.7 Å². The third kappa shape index (κ3) is 3.45. The molecule has 1 fully saturated rings. The number of benzene rings is 1. The fourth-order valence-corrected chi connectivity index (χ4v) is 2.14. The highest BCUT2D eigenvalue weighted by atomic mass is 19.1. The van der Waals surface area contributed by atoms with Crippen LogP contribution < -0.4 is 10.5 Å². The van der Waals surface area contributed by atoms with Crippen molar-refractivity contribution in [3.63, 3.8) is 0 Å². The Morgan fingerprint density at radius 3 is 2.83 bits per heavy atom. The van der Waals surface area contributed by atoms with E-state index in [9.17, 15) is 4.39 Å². The number of nitrogens with two attached hydrogens (primary N) is 1. The summed E-state index contributed by atoms with van der Waals surface area (Å²) >= 11 is 0. The molecule has 0 aliphatic heterocycles. The Hall–Kier alpha value is -1.09. The smallest absolute Gasteiger partial charge is 0.123 e. The van der Waals surface area contributed by atoms with Crippen molar-refractivity contribution in [3.05, 3.63) is 29.6 Å². The quantitative estimate of drug-likeness (QED) is 0.842. The molecule has 1 aliphatic carbocycles. The van der Waals surface area contributed by atoms with Crippen LogP contribution in [-0.2, 0) is 6.42 Å². The molecule has 0 amide bonds. The van der Waals surface area contributed by atoms with E-state index in [1.54, 1.807) is 12.1 Å². The second-order valence-electron chi connectivity index (χ2n) is 5.23. The number of hydrogen-bond acceptors (Lipinski definition) is 2. The largest absolute Gasteiger partial charge is 0.493 e. The van der Waals surface area contributed by atoms with Crippen LogP contribution in [0.3, 0.4) is 0 Å². The Balaban J connectivity index is 2.01. The molecule has 1 aliphatic rings. The number of rotatable bonds is 6. The zero-order valence-electron chi connectivity index (χ0n) is 11.0. The Kier molecular flexibility index (Phi) is 4.59. The maximum absolute atomic E-state index is 13.3. The first-order valence-corrected chi connectivity index (χ1v) is 6.86.